The van der Waals surface area contributed by atoms with Crippen LogP contribution in [0.15, 0.2) is 24.7 Å². The third-order valence-corrected chi connectivity index (χ3v) is 1.95. The average molecular weight is 190 g/mol. The number of rotatable bonds is 2. The summed E-state index contributed by atoms with van der Waals surface area (Å²) in [5.74, 6) is 0.518. The monoisotopic (exact) mass is 190 g/mol. The van der Waals surface area contributed by atoms with Crippen LogP contribution < -0.4 is 0 Å². The first-order valence-corrected chi connectivity index (χ1v) is 4.24. The predicted octanol–water partition coefficient (Wildman–Crippen LogP) is 0.463. The van der Waals surface area contributed by atoms with E-state index in [0.717, 1.165) is 11.3 Å². The van der Waals surface area contributed by atoms with E-state index in [0.29, 0.717) is 5.95 Å². The molecule has 5 nitrogen and oxygen atoms in total. The van der Waals surface area contributed by atoms with Crippen LogP contribution in [0.2, 0.25) is 0 Å². The zero-order valence-corrected chi connectivity index (χ0v) is 7.75. The summed E-state index contributed by atoms with van der Waals surface area (Å²) in [4.78, 5) is 8.30. The lowest BCUT2D eigenvalue weighted by atomic mass is 10.3. The molecule has 0 aliphatic carbocycles. The Morgan fingerprint density at radius 3 is 2.93 bits per heavy atom. The van der Waals surface area contributed by atoms with Crippen molar-refractivity contribution in [2.45, 2.75) is 13.5 Å². The van der Waals surface area contributed by atoms with Crippen LogP contribution in [0.3, 0.4) is 0 Å². The van der Waals surface area contributed by atoms with Crippen molar-refractivity contribution in [3.63, 3.8) is 0 Å². The number of aromatic nitrogens is 4. The van der Waals surface area contributed by atoms with Gasteiger partial charge in [-0.15, -0.1) is 0 Å². The number of hydrogen-bond donors (Lipinski definition) is 1. The van der Waals surface area contributed by atoms with Crippen molar-refractivity contribution >= 4 is 0 Å². The largest absolute Gasteiger partial charge is 0.392 e. The third-order valence-electron chi connectivity index (χ3n) is 1.95. The quantitative estimate of drug-likeness (QED) is 0.747. The molecule has 1 N–H and O–H groups in total. The fraction of sp³-hybridized carbons (Fsp3) is 0.222. The van der Waals surface area contributed by atoms with Gasteiger partial charge in [-0.1, -0.05) is 0 Å². The Balaban J connectivity index is 2.43. The summed E-state index contributed by atoms with van der Waals surface area (Å²) in [6.45, 7) is 1.80. The summed E-state index contributed by atoms with van der Waals surface area (Å²) in [7, 11) is 0. The summed E-state index contributed by atoms with van der Waals surface area (Å²) in [6, 6.07) is 1.80. The van der Waals surface area contributed by atoms with Gasteiger partial charge in [0.25, 0.3) is 5.95 Å². The SMILES string of the molecule is Cc1nc(-n2cccn2)ncc1CO. The summed E-state index contributed by atoms with van der Waals surface area (Å²) in [5.41, 5.74) is 1.51. The molecule has 0 aliphatic rings. The smallest absolute Gasteiger partial charge is 0.250 e. The Kier molecular flexibility index (Phi) is 2.24. The Labute approximate surface area is 81.1 Å². The minimum atomic E-state index is -0.0365. The molecule has 72 valence electrons. The molecule has 0 aromatic carbocycles. The van der Waals surface area contributed by atoms with Gasteiger partial charge in [0.15, 0.2) is 0 Å². The zero-order chi connectivity index (χ0) is 9.97. The molecule has 14 heavy (non-hydrogen) atoms. The van der Waals surface area contributed by atoms with Crippen LogP contribution in [0, 0.1) is 6.92 Å². The molecule has 0 radical (unpaired) electrons. The normalized spacial score (nSPS) is 10.4. The van der Waals surface area contributed by atoms with Gasteiger partial charge in [-0.05, 0) is 13.0 Å². The van der Waals surface area contributed by atoms with Crippen molar-refractivity contribution in [2.24, 2.45) is 0 Å². The zero-order valence-electron chi connectivity index (χ0n) is 7.75. The molecule has 0 fully saturated rings. The topological polar surface area (TPSA) is 63.8 Å². The van der Waals surface area contributed by atoms with Crippen molar-refractivity contribution in [2.75, 3.05) is 0 Å². The van der Waals surface area contributed by atoms with Crippen LogP contribution in [-0.4, -0.2) is 24.9 Å². The van der Waals surface area contributed by atoms with E-state index in [4.69, 9.17) is 5.11 Å². The Hall–Kier alpha value is -1.75. The molecule has 2 heterocycles. The molecule has 2 aromatic heterocycles. The van der Waals surface area contributed by atoms with E-state index >= 15 is 0 Å². The molecule has 0 saturated carbocycles. The van der Waals surface area contributed by atoms with E-state index in [1.54, 1.807) is 29.3 Å². The number of aliphatic hydroxyl groups is 1. The fourth-order valence-electron chi connectivity index (χ4n) is 1.13. The molecule has 0 saturated heterocycles. The molecule has 0 atom stereocenters. The highest BCUT2D eigenvalue weighted by atomic mass is 16.3. The first kappa shape index (κ1) is 8.83. The van der Waals surface area contributed by atoms with Crippen molar-refractivity contribution in [1.82, 2.24) is 19.7 Å². The summed E-state index contributed by atoms with van der Waals surface area (Å²) in [5, 5.41) is 12.9. The standard InChI is InChI=1S/C9H10N4O/c1-7-8(6-14)5-10-9(12-7)13-4-2-3-11-13/h2-5,14H,6H2,1H3. The molecule has 5 heteroatoms. The van der Waals surface area contributed by atoms with Crippen LogP contribution in [0.1, 0.15) is 11.3 Å². The molecule has 0 unspecified atom stereocenters. The van der Waals surface area contributed by atoms with Gasteiger partial charge in [0.05, 0.1) is 6.61 Å². The van der Waals surface area contributed by atoms with Crippen molar-refractivity contribution < 1.29 is 5.11 Å². The first-order valence-electron chi connectivity index (χ1n) is 4.24. The van der Waals surface area contributed by atoms with Gasteiger partial charge in [0.2, 0.25) is 0 Å². The maximum absolute atomic E-state index is 8.94. The highest BCUT2D eigenvalue weighted by Gasteiger charge is 2.03. The molecule has 0 amide bonds. The third kappa shape index (κ3) is 1.49. The van der Waals surface area contributed by atoms with Crippen molar-refractivity contribution in [3.05, 3.63) is 35.9 Å². The number of aryl methyl sites for hydroxylation is 1. The van der Waals surface area contributed by atoms with E-state index in [-0.39, 0.29) is 6.61 Å². The van der Waals surface area contributed by atoms with Gasteiger partial charge in [-0.2, -0.15) is 5.10 Å². The Morgan fingerprint density at radius 2 is 2.36 bits per heavy atom. The molecule has 0 aliphatic heterocycles. The molecule has 0 spiro atoms. The van der Waals surface area contributed by atoms with Gasteiger partial charge < -0.3 is 5.11 Å². The second-order valence-electron chi connectivity index (χ2n) is 2.89. The lowest BCUT2D eigenvalue weighted by Crippen LogP contribution is -2.04. The number of aliphatic hydroxyl groups excluding tert-OH is 1. The van der Waals surface area contributed by atoms with Gasteiger partial charge in [0.1, 0.15) is 0 Å². The van der Waals surface area contributed by atoms with Gasteiger partial charge >= 0.3 is 0 Å². The predicted molar refractivity (Wildman–Crippen MR) is 49.8 cm³/mol. The second kappa shape index (κ2) is 3.55. The van der Waals surface area contributed by atoms with Crippen LogP contribution in [-0.2, 0) is 6.61 Å². The van der Waals surface area contributed by atoms with E-state index < -0.39 is 0 Å². The fourth-order valence-corrected chi connectivity index (χ4v) is 1.13. The summed E-state index contributed by atoms with van der Waals surface area (Å²) < 4.78 is 1.58. The second-order valence-corrected chi connectivity index (χ2v) is 2.89. The highest BCUT2D eigenvalue weighted by molar-refractivity contribution is 5.20. The minimum Gasteiger partial charge on any atom is -0.392 e. The lowest BCUT2D eigenvalue weighted by Gasteiger charge is -2.03. The molecule has 0 bridgehead atoms. The molecular weight excluding hydrogens is 180 g/mol. The Morgan fingerprint density at radius 1 is 1.50 bits per heavy atom. The maximum Gasteiger partial charge on any atom is 0.250 e. The lowest BCUT2D eigenvalue weighted by molar-refractivity contribution is 0.280. The van der Waals surface area contributed by atoms with Crippen LogP contribution in [0.25, 0.3) is 5.95 Å². The molecule has 2 aromatic rings. The van der Waals surface area contributed by atoms with Crippen LogP contribution >= 0.6 is 0 Å². The van der Waals surface area contributed by atoms with Gasteiger partial charge in [0, 0.05) is 29.8 Å². The van der Waals surface area contributed by atoms with Crippen LogP contribution in [0.4, 0.5) is 0 Å². The average Bonchev–Trinajstić information content (AvgIpc) is 2.70. The molecular formula is C9H10N4O. The minimum absolute atomic E-state index is 0.0365. The maximum atomic E-state index is 8.94. The van der Waals surface area contributed by atoms with E-state index in [1.807, 2.05) is 6.92 Å². The number of nitrogens with zero attached hydrogens (tertiary/aromatic N) is 4. The van der Waals surface area contributed by atoms with E-state index in [2.05, 4.69) is 15.1 Å². The van der Waals surface area contributed by atoms with E-state index in [1.165, 1.54) is 0 Å². The van der Waals surface area contributed by atoms with Gasteiger partial charge in [-0.25, -0.2) is 14.6 Å². The van der Waals surface area contributed by atoms with Gasteiger partial charge in [-0.3, -0.25) is 0 Å². The molecule has 2 rings (SSSR count). The van der Waals surface area contributed by atoms with Crippen molar-refractivity contribution in [3.8, 4) is 5.95 Å². The van der Waals surface area contributed by atoms with Crippen LogP contribution in [0.5, 0.6) is 0 Å². The highest BCUT2D eigenvalue weighted by Crippen LogP contribution is 2.05. The van der Waals surface area contributed by atoms with Crippen molar-refractivity contribution in [1.29, 1.82) is 0 Å². The number of hydrogen-bond acceptors (Lipinski definition) is 4. The summed E-state index contributed by atoms with van der Waals surface area (Å²) in [6.07, 6.45) is 5.05. The Bertz CT molecular complexity index is 424. The van der Waals surface area contributed by atoms with E-state index in [9.17, 15) is 0 Å². The summed E-state index contributed by atoms with van der Waals surface area (Å²) >= 11 is 0. The first-order chi connectivity index (χ1) is 6.81.